The van der Waals surface area contributed by atoms with Crippen molar-refractivity contribution in [1.82, 2.24) is 0 Å². The van der Waals surface area contributed by atoms with E-state index in [1.54, 1.807) is 0 Å². The maximum absolute atomic E-state index is 12.4. The van der Waals surface area contributed by atoms with E-state index in [2.05, 4.69) is 0 Å². The van der Waals surface area contributed by atoms with Crippen molar-refractivity contribution in [2.75, 3.05) is 0 Å². The lowest BCUT2D eigenvalue weighted by Gasteiger charge is -2.08. The maximum Gasteiger partial charge on any atom is 0.488 e. The summed E-state index contributed by atoms with van der Waals surface area (Å²) < 4.78 is 24.9. The quantitative estimate of drug-likeness (QED) is 0.551. The normalized spacial score (nSPS) is 11.5. The van der Waals surface area contributed by atoms with Crippen LogP contribution < -0.4 is 5.46 Å². The first-order valence-corrected chi connectivity index (χ1v) is 3.82. The second kappa shape index (κ2) is 3.61. The largest absolute Gasteiger partial charge is 0.488 e. The van der Waals surface area contributed by atoms with Crippen LogP contribution in [0.3, 0.4) is 0 Å². The van der Waals surface area contributed by atoms with Gasteiger partial charge >= 0.3 is 12.5 Å². The molecule has 1 aromatic rings. The molecule has 1 aromatic carbocycles. The van der Waals surface area contributed by atoms with Crippen molar-refractivity contribution in [3.63, 3.8) is 0 Å². The maximum atomic E-state index is 12.4. The van der Waals surface area contributed by atoms with Crippen LogP contribution in [0.15, 0.2) is 24.3 Å². The Morgan fingerprint density at radius 1 is 1.15 bits per heavy atom. The predicted octanol–water partition coefficient (Wildman–Crippen LogP) is 0.654. The summed E-state index contributed by atoms with van der Waals surface area (Å²) in [5, 5.41) is 13.9. The van der Waals surface area contributed by atoms with Crippen LogP contribution in [0.1, 0.15) is 5.56 Å². The summed E-state index contributed by atoms with van der Waals surface area (Å²) in [6.45, 7) is 0. The average Bonchev–Trinajstić information content (AvgIpc) is 2.03. The molecule has 0 radical (unpaired) electrons. The third-order valence-corrected chi connectivity index (χ3v) is 1.75. The van der Waals surface area contributed by atoms with E-state index in [1.807, 2.05) is 0 Å². The molecule has 70 valence electrons. The molecule has 0 saturated carbocycles. The first-order valence-electron chi connectivity index (χ1n) is 3.44. The molecule has 0 aromatic heterocycles. The third-order valence-electron chi connectivity index (χ3n) is 1.54. The van der Waals surface area contributed by atoms with Crippen LogP contribution in [0.2, 0.25) is 0 Å². The summed E-state index contributed by atoms with van der Waals surface area (Å²) in [6.07, 6.45) is 0. The highest BCUT2D eigenvalue weighted by Crippen LogP contribution is 2.31. The second-order valence-corrected chi connectivity index (χ2v) is 2.97. The summed E-state index contributed by atoms with van der Waals surface area (Å²) in [4.78, 5) is 0. The lowest BCUT2D eigenvalue weighted by molar-refractivity contribution is 0.0951. The summed E-state index contributed by atoms with van der Waals surface area (Å²) in [7, 11) is -1.65. The Morgan fingerprint density at radius 3 is 1.92 bits per heavy atom. The van der Waals surface area contributed by atoms with Gasteiger partial charge in [-0.15, -0.1) is 0 Å². The highest BCUT2D eigenvalue weighted by atomic mass is 35.5. The van der Waals surface area contributed by atoms with Crippen molar-refractivity contribution < 1.29 is 18.8 Å². The first-order chi connectivity index (χ1) is 5.91. The van der Waals surface area contributed by atoms with Crippen LogP contribution in [0.25, 0.3) is 0 Å². The minimum atomic E-state index is -3.42. The molecule has 2 N–H and O–H groups in total. The summed E-state index contributed by atoms with van der Waals surface area (Å²) >= 11 is 4.73. The van der Waals surface area contributed by atoms with Gasteiger partial charge in [-0.05, 0) is 17.1 Å². The Balaban J connectivity index is 2.94. The molecule has 0 bridgehead atoms. The monoisotopic (exact) mass is 206 g/mol. The van der Waals surface area contributed by atoms with Gasteiger partial charge in [-0.1, -0.05) is 24.3 Å². The number of hydrogen-bond acceptors (Lipinski definition) is 2. The van der Waals surface area contributed by atoms with E-state index in [-0.39, 0.29) is 11.0 Å². The van der Waals surface area contributed by atoms with Gasteiger partial charge in [-0.3, -0.25) is 0 Å². The van der Waals surface area contributed by atoms with Gasteiger partial charge in [-0.2, -0.15) is 8.78 Å². The molecule has 0 aliphatic heterocycles. The van der Waals surface area contributed by atoms with Gasteiger partial charge in [0.1, 0.15) is 0 Å². The fourth-order valence-corrected chi connectivity index (χ4v) is 0.970. The van der Waals surface area contributed by atoms with Crippen LogP contribution in [-0.2, 0) is 5.38 Å². The molecule has 0 aliphatic carbocycles. The molecular weight excluding hydrogens is 200 g/mol. The van der Waals surface area contributed by atoms with Crippen LogP contribution in [-0.4, -0.2) is 17.2 Å². The minimum absolute atomic E-state index is 0.143. The standard InChI is InChI=1S/C7H6BClF2O2/c9-7(10,11)5-1-3-6(4-2-5)8(12)13/h1-4,12-13H. The zero-order chi connectivity index (χ0) is 10.1. The van der Waals surface area contributed by atoms with Gasteiger partial charge in [-0.25, -0.2) is 0 Å². The number of alkyl halides is 3. The zero-order valence-electron chi connectivity index (χ0n) is 6.42. The van der Waals surface area contributed by atoms with Gasteiger partial charge in [0.2, 0.25) is 0 Å². The lowest BCUT2D eigenvalue weighted by Crippen LogP contribution is -2.29. The third kappa shape index (κ3) is 2.65. The number of hydrogen-bond donors (Lipinski definition) is 2. The molecule has 2 nitrogen and oxygen atoms in total. The molecule has 0 heterocycles. The fraction of sp³-hybridized carbons (Fsp3) is 0.143. The Morgan fingerprint density at radius 2 is 1.62 bits per heavy atom. The molecular formula is C7H6BClF2O2. The van der Waals surface area contributed by atoms with Crippen LogP contribution in [0.4, 0.5) is 8.78 Å². The van der Waals surface area contributed by atoms with E-state index in [4.69, 9.17) is 21.6 Å². The van der Waals surface area contributed by atoms with Gasteiger partial charge in [0, 0.05) is 5.56 Å². The van der Waals surface area contributed by atoms with E-state index >= 15 is 0 Å². The van der Waals surface area contributed by atoms with E-state index < -0.39 is 12.5 Å². The van der Waals surface area contributed by atoms with Gasteiger partial charge in [0.15, 0.2) is 0 Å². The van der Waals surface area contributed by atoms with Crippen LogP contribution in [0, 0.1) is 0 Å². The molecule has 6 heteroatoms. The summed E-state index contributed by atoms with van der Waals surface area (Å²) in [5.41, 5.74) is -0.233. The average molecular weight is 206 g/mol. The first kappa shape index (κ1) is 10.4. The fourth-order valence-electron chi connectivity index (χ4n) is 0.844. The SMILES string of the molecule is OB(O)c1ccc(C(F)(F)Cl)cc1. The lowest BCUT2D eigenvalue weighted by atomic mass is 9.80. The molecule has 0 fully saturated rings. The van der Waals surface area contributed by atoms with Crippen LogP contribution >= 0.6 is 11.6 Å². The number of halogens is 3. The summed E-state index contributed by atoms with van der Waals surface area (Å²) in [6, 6.07) is 4.44. The van der Waals surface area contributed by atoms with E-state index in [9.17, 15) is 8.78 Å². The topological polar surface area (TPSA) is 40.5 Å². The molecule has 0 amide bonds. The van der Waals surface area contributed by atoms with Crippen molar-refractivity contribution in [2.24, 2.45) is 0 Å². The van der Waals surface area contributed by atoms with Crippen molar-refractivity contribution in [2.45, 2.75) is 5.38 Å². The number of rotatable bonds is 2. The zero-order valence-corrected chi connectivity index (χ0v) is 7.17. The molecule has 0 spiro atoms. The highest BCUT2D eigenvalue weighted by Gasteiger charge is 2.27. The van der Waals surface area contributed by atoms with Crippen molar-refractivity contribution in [3.05, 3.63) is 29.8 Å². The molecule has 0 aliphatic rings. The Bertz CT molecular complexity index is 284. The van der Waals surface area contributed by atoms with E-state index in [0.29, 0.717) is 0 Å². The van der Waals surface area contributed by atoms with Crippen molar-refractivity contribution >= 4 is 24.2 Å². The Hall–Kier alpha value is -0.645. The Labute approximate surface area is 78.9 Å². The highest BCUT2D eigenvalue weighted by molar-refractivity contribution is 6.58. The second-order valence-electron chi connectivity index (χ2n) is 2.49. The minimum Gasteiger partial charge on any atom is -0.423 e. The van der Waals surface area contributed by atoms with Gasteiger partial charge in [0.05, 0.1) is 0 Å². The van der Waals surface area contributed by atoms with Crippen molar-refractivity contribution in [1.29, 1.82) is 0 Å². The van der Waals surface area contributed by atoms with E-state index in [0.717, 1.165) is 12.1 Å². The predicted molar refractivity (Wildman–Crippen MR) is 46.0 cm³/mol. The van der Waals surface area contributed by atoms with Crippen molar-refractivity contribution in [3.8, 4) is 0 Å². The molecule has 13 heavy (non-hydrogen) atoms. The van der Waals surface area contributed by atoms with Crippen LogP contribution in [0.5, 0.6) is 0 Å². The van der Waals surface area contributed by atoms with Gasteiger partial charge in [0.25, 0.3) is 0 Å². The molecule has 0 atom stereocenters. The molecule has 0 unspecified atom stereocenters. The molecule has 0 saturated heterocycles. The number of benzene rings is 1. The molecule has 1 rings (SSSR count). The smallest absolute Gasteiger partial charge is 0.423 e. The van der Waals surface area contributed by atoms with Gasteiger partial charge < -0.3 is 10.0 Å². The summed E-state index contributed by atoms with van der Waals surface area (Å²) in [5.74, 6) is 0. The van der Waals surface area contributed by atoms with E-state index in [1.165, 1.54) is 12.1 Å². The Kier molecular flexibility index (Phi) is 2.90.